The third kappa shape index (κ3) is 52.6. The minimum Gasteiger partial charge on any atom is -0.462 e. The minimum absolute atomic E-state index is 0.117. The van der Waals surface area contributed by atoms with Crippen molar-refractivity contribution >= 4 is 17.9 Å². The predicted octanol–water partition coefficient (Wildman–Crippen LogP) is 18.1. The smallest absolute Gasteiger partial charge is 0.306 e. The van der Waals surface area contributed by atoms with E-state index in [0.717, 1.165) is 103 Å². The van der Waals surface area contributed by atoms with Crippen molar-refractivity contribution in [1.82, 2.24) is 0 Å². The molecule has 0 aromatic heterocycles. The van der Waals surface area contributed by atoms with Gasteiger partial charge in [-0.3, -0.25) is 14.4 Å². The molecule has 1 unspecified atom stereocenters. The van der Waals surface area contributed by atoms with Gasteiger partial charge < -0.3 is 14.2 Å². The zero-order chi connectivity index (χ0) is 48.6. The molecule has 0 aromatic carbocycles. The van der Waals surface area contributed by atoms with Crippen LogP contribution < -0.4 is 0 Å². The highest BCUT2D eigenvalue weighted by molar-refractivity contribution is 5.71. The second-order valence-electron chi connectivity index (χ2n) is 17.4. The van der Waals surface area contributed by atoms with Crippen LogP contribution in [0.5, 0.6) is 0 Å². The highest BCUT2D eigenvalue weighted by Crippen LogP contribution is 2.13. The van der Waals surface area contributed by atoms with Gasteiger partial charge in [-0.15, -0.1) is 0 Å². The Balaban J connectivity index is 4.54. The Bertz CT molecular complexity index is 1440. The summed E-state index contributed by atoms with van der Waals surface area (Å²) in [5, 5.41) is 0. The first-order chi connectivity index (χ1) is 33.0. The fraction of sp³-hybridized carbons (Fsp3) is 0.623. The number of esters is 3. The summed E-state index contributed by atoms with van der Waals surface area (Å²) in [5.74, 6) is -1.03. The van der Waals surface area contributed by atoms with Crippen LogP contribution >= 0.6 is 0 Å². The SMILES string of the molecule is CC\C=C/C=C\C=C/CCCCCCCC(=O)OCC(COC(=O)CC/C=C\C/C=C\C/C=C\C/C=C\C/C=C\C/C=C\CC)OC(=O)CCCCCCCCC/C=C\CCCCCCCC. The Kier molecular flexibility index (Phi) is 51.0. The normalized spacial score (nSPS) is 13.1. The van der Waals surface area contributed by atoms with E-state index in [4.69, 9.17) is 14.2 Å². The number of allylic oxidation sites excluding steroid dienone is 20. The molecule has 0 spiro atoms. The van der Waals surface area contributed by atoms with E-state index in [1.807, 2.05) is 12.2 Å². The molecule has 6 heteroatoms. The van der Waals surface area contributed by atoms with E-state index >= 15 is 0 Å². The van der Waals surface area contributed by atoms with Crippen molar-refractivity contribution in [3.8, 4) is 0 Å². The van der Waals surface area contributed by atoms with Gasteiger partial charge in [0, 0.05) is 19.3 Å². The highest BCUT2D eigenvalue weighted by atomic mass is 16.6. The lowest BCUT2D eigenvalue weighted by Crippen LogP contribution is -2.30. The third-order valence-corrected chi connectivity index (χ3v) is 11.0. The first kappa shape index (κ1) is 62.8. The highest BCUT2D eigenvalue weighted by Gasteiger charge is 2.19. The fourth-order valence-corrected chi connectivity index (χ4v) is 6.99. The van der Waals surface area contributed by atoms with Crippen LogP contribution in [0.2, 0.25) is 0 Å². The number of rotatable bonds is 47. The molecule has 0 radical (unpaired) electrons. The zero-order valence-electron chi connectivity index (χ0n) is 43.1. The summed E-state index contributed by atoms with van der Waals surface area (Å²) in [6.07, 6.45) is 74.8. The molecule has 0 aliphatic heterocycles. The summed E-state index contributed by atoms with van der Waals surface area (Å²) in [6, 6.07) is 0. The average molecular weight is 927 g/mol. The molecular formula is C61H98O6. The van der Waals surface area contributed by atoms with Gasteiger partial charge in [0.2, 0.25) is 0 Å². The number of unbranched alkanes of at least 4 members (excludes halogenated alkanes) is 18. The lowest BCUT2D eigenvalue weighted by atomic mass is 10.1. The van der Waals surface area contributed by atoms with E-state index < -0.39 is 6.10 Å². The van der Waals surface area contributed by atoms with Crippen molar-refractivity contribution in [3.63, 3.8) is 0 Å². The van der Waals surface area contributed by atoms with Crippen molar-refractivity contribution in [2.24, 2.45) is 0 Å². The largest absolute Gasteiger partial charge is 0.462 e. The molecule has 0 bridgehead atoms. The summed E-state index contributed by atoms with van der Waals surface area (Å²) in [6.45, 7) is 6.29. The van der Waals surface area contributed by atoms with E-state index in [0.29, 0.717) is 19.3 Å². The monoisotopic (exact) mass is 927 g/mol. The number of carbonyl (C=O) groups is 3. The number of hydrogen-bond acceptors (Lipinski definition) is 6. The average Bonchev–Trinajstić information content (AvgIpc) is 3.33. The van der Waals surface area contributed by atoms with Gasteiger partial charge in [0.1, 0.15) is 13.2 Å². The lowest BCUT2D eigenvalue weighted by molar-refractivity contribution is -0.166. The first-order valence-corrected chi connectivity index (χ1v) is 27.1. The van der Waals surface area contributed by atoms with Crippen LogP contribution in [0.4, 0.5) is 0 Å². The second-order valence-corrected chi connectivity index (χ2v) is 17.4. The standard InChI is InChI=1S/C61H98O6/c1-4-7-10-13-16-19-22-25-27-29-30-32-33-36-39-42-45-48-51-54-60(63)66-57-58(56-65-59(62)53-50-47-44-41-38-35-24-21-18-15-12-9-6-3)67-61(64)55-52-49-46-43-40-37-34-31-28-26-23-20-17-14-11-8-5-2/h7,9-10,12,15-16,18-19,21,24-28,30,32,36,39,45,48,58H,4-6,8,11,13-14,17,20,22-23,29,31,33-35,37-38,40-44,46-47,49-57H2,1-3H3/b10-7-,12-9-,18-15-,19-16-,24-21-,27-25-,28-26-,32-30-,39-36-,48-45-. The molecule has 0 aliphatic carbocycles. The molecule has 378 valence electrons. The Morgan fingerprint density at radius 1 is 0.328 bits per heavy atom. The Morgan fingerprint density at radius 2 is 0.687 bits per heavy atom. The molecule has 0 heterocycles. The van der Waals surface area contributed by atoms with Gasteiger partial charge in [-0.25, -0.2) is 0 Å². The van der Waals surface area contributed by atoms with E-state index in [1.165, 1.54) is 77.0 Å². The van der Waals surface area contributed by atoms with Crippen LogP contribution in [0, 0.1) is 0 Å². The quantitative estimate of drug-likeness (QED) is 0.0199. The van der Waals surface area contributed by atoms with Crippen LogP contribution in [0.1, 0.15) is 226 Å². The summed E-state index contributed by atoms with van der Waals surface area (Å²) in [4.78, 5) is 38.0. The first-order valence-electron chi connectivity index (χ1n) is 27.1. The molecule has 0 aliphatic rings. The van der Waals surface area contributed by atoms with Gasteiger partial charge in [-0.05, 0) is 103 Å². The van der Waals surface area contributed by atoms with Gasteiger partial charge in [0.15, 0.2) is 6.10 Å². The molecular weight excluding hydrogens is 829 g/mol. The van der Waals surface area contributed by atoms with Crippen LogP contribution in [0.15, 0.2) is 122 Å². The Hall–Kier alpha value is -4.19. The van der Waals surface area contributed by atoms with Crippen molar-refractivity contribution in [1.29, 1.82) is 0 Å². The summed E-state index contributed by atoms with van der Waals surface area (Å²) >= 11 is 0. The molecule has 67 heavy (non-hydrogen) atoms. The topological polar surface area (TPSA) is 78.9 Å². The van der Waals surface area contributed by atoms with Gasteiger partial charge in [-0.2, -0.15) is 0 Å². The van der Waals surface area contributed by atoms with Crippen molar-refractivity contribution < 1.29 is 28.6 Å². The minimum atomic E-state index is -0.823. The molecule has 0 saturated carbocycles. The zero-order valence-corrected chi connectivity index (χ0v) is 43.1. The lowest BCUT2D eigenvalue weighted by Gasteiger charge is -2.18. The molecule has 0 fully saturated rings. The van der Waals surface area contributed by atoms with Crippen molar-refractivity contribution in [2.75, 3.05) is 13.2 Å². The van der Waals surface area contributed by atoms with Gasteiger partial charge in [-0.1, -0.05) is 226 Å². The molecule has 0 aromatic rings. The summed E-state index contributed by atoms with van der Waals surface area (Å²) < 4.78 is 16.7. The van der Waals surface area contributed by atoms with Gasteiger partial charge in [0.25, 0.3) is 0 Å². The third-order valence-electron chi connectivity index (χ3n) is 11.0. The van der Waals surface area contributed by atoms with Crippen LogP contribution in [0.25, 0.3) is 0 Å². The van der Waals surface area contributed by atoms with E-state index in [9.17, 15) is 14.4 Å². The van der Waals surface area contributed by atoms with Gasteiger partial charge >= 0.3 is 17.9 Å². The molecule has 0 N–H and O–H groups in total. The van der Waals surface area contributed by atoms with E-state index in [-0.39, 0.29) is 37.5 Å². The van der Waals surface area contributed by atoms with E-state index in [1.54, 1.807) is 0 Å². The molecule has 0 amide bonds. The van der Waals surface area contributed by atoms with Gasteiger partial charge in [0.05, 0.1) is 0 Å². The Morgan fingerprint density at radius 3 is 1.16 bits per heavy atom. The molecule has 1 atom stereocenters. The van der Waals surface area contributed by atoms with Crippen LogP contribution in [-0.2, 0) is 28.6 Å². The summed E-state index contributed by atoms with van der Waals surface area (Å²) in [5.41, 5.74) is 0. The summed E-state index contributed by atoms with van der Waals surface area (Å²) in [7, 11) is 0. The number of carbonyl (C=O) groups excluding carboxylic acids is 3. The number of ether oxygens (including phenoxy) is 3. The maximum Gasteiger partial charge on any atom is 0.306 e. The van der Waals surface area contributed by atoms with E-state index in [2.05, 4.69) is 130 Å². The van der Waals surface area contributed by atoms with Crippen LogP contribution in [-0.4, -0.2) is 37.2 Å². The molecule has 0 rings (SSSR count). The predicted molar refractivity (Wildman–Crippen MR) is 288 cm³/mol. The maximum absolute atomic E-state index is 12.8. The van der Waals surface area contributed by atoms with Crippen LogP contribution in [0.3, 0.4) is 0 Å². The van der Waals surface area contributed by atoms with Crippen molar-refractivity contribution in [3.05, 3.63) is 122 Å². The second kappa shape index (κ2) is 54.4. The van der Waals surface area contributed by atoms with Crippen molar-refractivity contribution in [2.45, 2.75) is 232 Å². The fourth-order valence-electron chi connectivity index (χ4n) is 6.99. The maximum atomic E-state index is 12.8. The number of hydrogen-bond donors (Lipinski definition) is 0. The Labute approximate surface area is 412 Å². The molecule has 0 saturated heterocycles. The molecule has 6 nitrogen and oxygen atoms in total.